The van der Waals surface area contributed by atoms with Crippen LogP contribution in [-0.2, 0) is 6.42 Å². The molecule has 0 unspecified atom stereocenters. The molecule has 4 heteroatoms. The minimum absolute atomic E-state index is 0.0703. The number of nitrogens with zero attached hydrogens (tertiary/aromatic N) is 1. The van der Waals surface area contributed by atoms with Gasteiger partial charge >= 0.3 is 0 Å². The van der Waals surface area contributed by atoms with Gasteiger partial charge < -0.3 is 5.73 Å². The van der Waals surface area contributed by atoms with Gasteiger partial charge in [0.1, 0.15) is 5.69 Å². The normalized spacial score (nSPS) is 10.8. The van der Waals surface area contributed by atoms with Crippen LogP contribution in [0.15, 0.2) is 29.6 Å². The van der Waals surface area contributed by atoms with Crippen LogP contribution in [0, 0.1) is 5.92 Å². The Bertz CT molecular complexity index is 543. The molecule has 3 nitrogen and oxygen atoms in total. The number of anilines is 1. The van der Waals surface area contributed by atoms with Crippen molar-refractivity contribution in [2.45, 2.75) is 20.3 Å². The molecule has 0 amide bonds. The third-order valence-electron chi connectivity index (χ3n) is 2.61. The lowest BCUT2D eigenvalue weighted by molar-refractivity contribution is 0.103. The van der Waals surface area contributed by atoms with Crippen molar-refractivity contribution < 1.29 is 4.79 Å². The first-order chi connectivity index (χ1) is 8.56. The molecule has 0 radical (unpaired) electrons. The van der Waals surface area contributed by atoms with Gasteiger partial charge in [-0.05, 0) is 17.9 Å². The predicted octanol–water partition coefficient (Wildman–Crippen LogP) is 3.15. The van der Waals surface area contributed by atoms with Crippen molar-refractivity contribution in [1.82, 2.24) is 4.98 Å². The maximum absolute atomic E-state index is 12.1. The number of hydrogen-bond donors (Lipinski definition) is 1. The molecule has 2 rings (SSSR count). The van der Waals surface area contributed by atoms with Crippen LogP contribution in [0.1, 0.15) is 35.5 Å². The summed E-state index contributed by atoms with van der Waals surface area (Å²) in [6.07, 6.45) is 1.03. The van der Waals surface area contributed by atoms with Gasteiger partial charge in [-0.2, -0.15) is 0 Å². The molecule has 0 saturated heterocycles. The van der Waals surface area contributed by atoms with Gasteiger partial charge in [-0.3, -0.25) is 4.79 Å². The molecule has 2 N–H and O–H groups in total. The lowest BCUT2D eigenvalue weighted by atomic mass is 10.0. The summed E-state index contributed by atoms with van der Waals surface area (Å²) >= 11 is 1.28. The summed E-state index contributed by atoms with van der Waals surface area (Å²) in [5.41, 5.74) is 7.86. The molecule has 1 aromatic heterocycles. The van der Waals surface area contributed by atoms with Crippen LogP contribution in [0.2, 0.25) is 0 Å². The quantitative estimate of drug-likeness (QED) is 0.859. The SMILES string of the molecule is CC(C)Cc1ccc(C(=O)c2csc(N)n2)cc1. The average molecular weight is 260 g/mol. The largest absolute Gasteiger partial charge is 0.375 e. The Morgan fingerprint density at radius 1 is 1.33 bits per heavy atom. The number of carbonyl (C=O) groups excluding carboxylic acids is 1. The number of rotatable bonds is 4. The third kappa shape index (κ3) is 2.96. The molecule has 0 aliphatic heterocycles. The summed E-state index contributed by atoms with van der Waals surface area (Å²) in [6.45, 7) is 4.36. The van der Waals surface area contributed by atoms with Crippen molar-refractivity contribution in [3.8, 4) is 0 Å². The number of hydrogen-bond acceptors (Lipinski definition) is 4. The lowest BCUT2D eigenvalue weighted by Gasteiger charge is -2.05. The van der Waals surface area contributed by atoms with Gasteiger partial charge in [0.2, 0.25) is 5.78 Å². The van der Waals surface area contributed by atoms with E-state index in [9.17, 15) is 4.79 Å². The summed E-state index contributed by atoms with van der Waals surface area (Å²) in [6, 6.07) is 7.72. The molecule has 0 fully saturated rings. The summed E-state index contributed by atoms with van der Waals surface area (Å²) in [5.74, 6) is 0.545. The molecule has 0 aliphatic rings. The van der Waals surface area contributed by atoms with E-state index >= 15 is 0 Å². The van der Waals surface area contributed by atoms with Gasteiger partial charge in [-0.1, -0.05) is 38.1 Å². The number of aromatic nitrogens is 1. The zero-order chi connectivity index (χ0) is 13.1. The van der Waals surface area contributed by atoms with Gasteiger partial charge in [0.25, 0.3) is 0 Å². The van der Waals surface area contributed by atoms with Gasteiger partial charge in [0, 0.05) is 10.9 Å². The Morgan fingerprint density at radius 2 is 2.00 bits per heavy atom. The minimum Gasteiger partial charge on any atom is -0.375 e. The van der Waals surface area contributed by atoms with E-state index < -0.39 is 0 Å². The van der Waals surface area contributed by atoms with Crippen molar-refractivity contribution in [1.29, 1.82) is 0 Å². The van der Waals surface area contributed by atoms with Crippen LogP contribution in [-0.4, -0.2) is 10.8 Å². The highest BCUT2D eigenvalue weighted by atomic mass is 32.1. The molecule has 1 aromatic carbocycles. The van der Waals surface area contributed by atoms with E-state index in [4.69, 9.17) is 5.73 Å². The van der Waals surface area contributed by atoms with Crippen LogP contribution in [0.5, 0.6) is 0 Å². The second-order valence-corrected chi connectivity index (χ2v) is 5.58. The number of benzene rings is 1. The van der Waals surface area contributed by atoms with Crippen molar-refractivity contribution in [3.05, 3.63) is 46.5 Å². The maximum Gasteiger partial charge on any atom is 0.212 e. The fourth-order valence-electron chi connectivity index (χ4n) is 1.80. The topological polar surface area (TPSA) is 56.0 Å². The second kappa shape index (κ2) is 5.31. The average Bonchev–Trinajstić information content (AvgIpc) is 2.75. The minimum atomic E-state index is -0.0703. The predicted molar refractivity (Wildman–Crippen MR) is 74.9 cm³/mol. The van der Waals surface area contributed by atoms with E-state index in [0.29, 0.717) is 22.3 Å². The lowest BCUT2D eigenvalue weighted by Crippen LogP contribution is -2.02. The summed E-state index contributed by atoms with van der Waals surface area (Å²) in [5, 5.41) is 2.12. The molecular formula is C14H16N2OS. The first-order valence-electron chi connectivity index (χ1n) is 5.91. The molecule has 0 saturated carbocycles. The second-order valence-electron chi connectivity index (χ2n) is 4.70. The first kappa shape index (κ1) is 12.8. The van der Waals surface area contributed by atoms with Crippen LogP contribution in [0.25, 0.3) is 0 Å². The number of carbonyl (C=O) groups is 1. The molecule has 0 aliphatic carbocycles. The van der Waals surface area contributed by atoms with Gasteiger partial charge in [-0.15, -0.1) is 11.3 Å². The number of nitrogens with two attached hydrogens (primary N) is 1. The van der Waals surface area contributed by atoms with Crippen LogP contribution < -0.4 is 5.73 Å². The molecule has 2 aromatic rings. The Balaban J connectivity index is 2.17. The molecule has 0 bridgehead atoms. The van der Waals surface area contributed by atoms with Gasteiger partial charge in [0.15, 0.2) is 5.13 Å². The van der Waals surface area contributed by atoms with Crippen LogP contribution in [0.4, 0.5) is 5.13 Å². The Kier molecular flexibility index (Phi) is 3.77. The van der Waals surface area contributed by atoms with E-state index in [2.05, 4.69) is 18.8 Å². The zero-order valence-corrected chi connectivity index (χ0v) is 11.3. The zero-order valence-electron chi connectivity index (χ0n) is 10.5. The van der Waals surface area contributed by atoms with Gasteiger partial charge in [0.05, 0.1) is 0 Å². The van der Waals surface area contributed by atoms with Crippen molar-refractivity contribution in [3.63, 3.8) is 0 Å². The van der Waals surface area contributed by atoms with Crippen LogP contribution in [0.3, 0.4) is 0 Å². The van der Waals surface area contributed by atoms with E-state index in [1.54, 1.807) is 5.38 Å². The fourth-order valence-corrected chi connectivity index (χ4v) is 2.35. The number of thiazole rings is 1. The molecule has 0 atom stereocenters. The molecular weight excluding hydrogens is 244 g/mol. The van der Waals surface area contributed by atoms with Gasteiger partial charge in [-0.25, -0.2) is 4.98 Å². The standard InChI is InChI=1S/C14H16N2OS/c1-9(2)7-10-3-5-11(6-4-10)13(17)12-8-18-14(15)16-12/h3-6,8-9H,7H2,1-2H3,(H2,15,16). The van der Waals surface area contributed by atoms with Crippen molar-refractivity contribution in [2.75, 3.05) is 5.73 Å². The molecule has 18 heavy (non-hydrogen) atoms. The highest BCUT2D eigenvalue weighted by Crippen LogP contribution is 2.16. The summed E-state index contributed by atoms with van der Waals surface area (Å²) < 4.78 is 0. The Hall–Kier alpha value is -1.68. The fraction of sp³-hybridized carbons (Fsp3) is 0.286. The molecule has 94 valence electrons. The summed E-state index contributed by atoms with van der Waals surface area (Å²) in [7, 11) is 0. The third-order valence-corrected chi connectivity index (χ3v) is 3.29. The smallest absolute Gasteiger partial charge is 0.212 e. The maximum atomic E-state index is 12.1. The highest BCUT2D eigenvalue weighted by molar-refractivity contribution is 7.13. The van der Waals surface area contributed by atoms with Crippen molar-refractivity contribution in [2.24, 2.45) is 5.92 Å². The molecule has 1 heterocycles. The van der Waals surface area contributed by atoms with E-state index in [1.165, 1.54) is 16.9 Å². The van der Waals surface area contributed by atoms with E-state index in [-0.39, 0.29) is 5.78 Å². The highest BCUT2D eigenvalue weighted by Gasteiger charge is 2.12. The monoisotopic (exact) mass is 260 g/mol. The summed E-state index contributed by atoms with van der Waals surface area (Å²) in [4.78, 5) is 16.1. The van der Waals surface area contributed by atoms with E-state index in [0.717, 1.165) is 6.42 Å². The van der Waals surface area contributed by atoms with E-state index in [1.807, 2.05) is 24.3 Å². The van der Waals surface area contributed by atoms with Crippen LogP contribution >= 0.6 is 11.3 Å². The van der Waals surface area contributed by atoms with Crippen molar-refractivity contribution >= 4 is 22.3 Å². The number of ketones is 1. The molecule has 0 spiro atoms. The Labute approximate surface area is 111 Å². The number of nitrogen functional groups attached to an aromatic ring is 1. The Morgan fingerprint density at radius 3 is 2.50 bits per heavy atom. The first-order valence-corrected chi connectivity index (χ1v) is 6.79.